The topological polar surface area (TPSA) is 40.5 Å². The van der Waals surface area contributed by atoms with E-state index in [1.165, 1.54) is 0 Å². The zero-order chi connectivity index (χ0) is 10.4. The fraction of sp³-hybridized carbons (Fsp3) is 0.0769. The molecule has 0 unspecified atom stereocenters. The number of rotatable bonds is 0. The minimum atomic E-state index is 0.289. The van der Waals surface area contributed by atoms with Crippen LogP contribution in [0.4, 0.5) is 0 Å². The number of phenolic OH excluding ortho intramolecular Hbond substituents is 2. The molecule has 2 aromatic carbocycles. The van der Waals surface area contributed by atoms with Gasteiger partial charge in [-0.1, -0.05) is 24.3 Å². The van der Waals surface area contributed by atoms with Gasteiger partial charge in [-0.3, -0.25) is 0 Å². The first kappa shape index (κ1) is 8.36. The predicted octanol–water partition coefficient (Wildman–Crippen LogP) is 2.67. The maximum absolute atomic E-state index is 9.79. The van der Waals surface area contributed by atoms with Crippen LogP contribution in [0.3, 0.4) is 0 Å². The Balaban J connectivity index is 2.36. The second kappa shape index (κ2) is 2.76. The van der Waals surface area contributed by atoms with E-state index in [2.05, 4.69) is 0 Å². The highest BCUT2D eigenvalue weighted by Gasteiger charge is 2.23. The smallest absolute Gasteiger partial charge is 0.123 e. The Labute approximate surface area is 87.4 Å². The van der Waals surface area contributed by atoms with Crippen molar-refractivity contribution in [3.8, 4) is 22.6 Å². The third kappa shape index (κ3) is 1.05. The summed E-state index contributed by atoms with van der Waals surface area (Å²) in [5, 5.41) is 19.5. The van der Waals surface area contributed by atoms with Gasteiger partial charge in [0.25, 0.3) is 0 Å². The van der Waals surface area contributed by atoms with Crippen LogP contribution in [0.15, 0.2) is 36.4 Å². The Hall–Kier alpha value is -1.96. The number of phenols is 2. The summed E-state index contributed by atoms with van der Waals surface area (Å²) in [5.74, 6) is 0.597. The first-order chi connectivity index (χ1) is 7.27. The van der Waals surface area contributed by atoms with E-state index in [-0.39, 0.29) is 5.75 Å². The summed E-state index contributed by atoms with van der Waals surface area (Å²) >= 11 is 0. The Bertz CT molecular complexity index is 544. The van der Waals surface area contributed by atoms with Crippen LogP contribution in [0.25, 0.3) is 11.1 Å². The SMILES string of the molecule is Oc1cccc2c1Cc1cccc(O)c1-2. The standard InChI is InChI=1S/C13H10O2/c14-11-5-2-4-9-10(11)7-8-3-1-6-12(15)13(8)9/h1-6,14-15H,7H2. The average molecular weight is 198 g/mol. The number of aromatic hydroxyl groups is 2. The van der Waals surface area contributed by atoms with Crippen LogP contribution in [0, 0.1) is 0 Å². The molecule has 1 aliphatic carbocycles. The molecule has 0 fully saturated rings. The summed E-state index contributed by atoms with van der Waals surface area (Å²) in [6.07, 6.45) is 0.700. The summed E-state index contributed by atoms with van der Waals surface area (Å²) in [6.45, 7) is 0. The molecule has 0 spiro atoms. The first-order valence-corrected chi connectivity index (χ1v) is 4.89. The Morgan fingerprint density at radius 1 is 0.867 bits per heavy atom. The lowest BCUT2D eigenvalue weighted by atomic mass is 10.0. The largest absolute Gasteiger partial charge is 0.508 e. The van der Waals surface area contributed by atoms with Gasteiger partial charge in [-0.05, 0) is 23.3 Å². The predicted molar refractivity (Wildman–Crippen MR) is 58.0 cm³/mol. The fourth-order valence-electron chi connectivity index (χ4n) is 2.23. The second-order valence-electron chi connectivity index (χ2n) is 3.79. The van der Waals surface area contributed by atoms with Crippen molar-refractivity contribution in [2.45, 2.75) is 6.42 Å². The minimum absolute atomic E-state index is 0.289. The molecule has 15 heavy (non-hydrogen) atoms. The summed E-state index contributed by atoms with van der Waals surface area (Å²) in [5.41, 5.74) is 3.80. The molecule has 2 heteroatoms. The van der Waals surface area contributed by atoms with E-state index < -0.39 is 0 Å². The lowest BCUT2D eigenvalue weighted by Crippen LogP contribution is -1.80. The lowest BCUT2D eigenvalue weighted by Gasteiger charge is -2.03. The highest BCUT2D eigenvalue weighted by Crippen LogP contribution is 2.44. The highest BCUT2D eigenvalue weighted by molar-refractivity contribution is 5.83. The molecule has 0 heterocycles. The van der Waals surface area contributed by atoms with Crippen LogP contribution < -0.4 is 0 Å². The van der Waals surface area contributed by atoms with Gasteiger partial charge in [-0.2, -0.15) is 0 Å². The van der Waals surface area contributed by atoms with E-state index in [1.807, 2.05) is 18.2 Å². The highest BCUT2D eigenvalue weighted by atomic mass is 16.3. The van der Waals surface area contributed by atoms with Crippen molar-refractivity contribution in [1.82, 2.24) is 0 Å². The molecule has 0 bridgehead atoms. The van der Waals surface area contributed by atoms with Gasteiger partial charge < -0.3 is 10.2 Å². The molecule has 0 saturated carbocycles. The number of hydrogen-bond acceptors (Lipinski definition) is 2. The Morgan fingerprint density at radius 3 is 2.47 bits per heavy atom. The molecule has 0 saturated heterocycles. The molecule has 2 nitrogen and oxygen atoms in total. The van der Waals surface area contributed by atoms with Crippen molar-refractivity contribution in [3.05, 3.63) is 47.5 Å². The Morgan fingerprint density at radius 2 is 1.60 bits per heavy atom. The maximum Gasteiger partial charge on any atom is 0.123 e. The van der Waals surface area contributed by atoms with Crippen LogP contribution in [0.5, 0.6) is 11.5 Å². The molecule has 0 aliphatic heterocycles. The molecule has 0 aromatic heterocycles. The minimum Gasteiger partial charge on any atom is -0.508 e. The van der Waals surface area contributed by atoms with Gasteiger partial charge >= 0.3 is 0 Å². The number of hydrogen-bond donors (Lipinski definition) is 2. The average Bonchev–Trinajstić information content (AvgIpc) is 2.59. The zero-order valence-electron chi connectivity index (χ0n) is 8.07. The van der Waals surface area contributed by atoms with Gasteiger partial charge in [0, 0.05) is 17.5 Å². The first-order valence-electron chi connectivity index (χ1n) is 4.89. The molecule has 0 amide bonds. The van der Waals surface area contributed by atoms with E-state index in [1.54, 1.807) is 18.2 Å². The molecular weight excluding hydrogens is 188 g/mol. The van der Waals surface area contributed by atoms with Crippen molar-refractivity contribution in [3.63, 3.8) is 0 Å². The van der Waals surface area contributed by atoms with E-state index in [4.69, 9.17) is 0 Å². The van der Waals surface area contributed by atoms with E-state index in [0.29, 0.717) is 12.2 Å². The third-order valence-electron chi connectivity index (χ3n) is 2.92. The molecule has 0 atom stereocenters. The molecule has 0 radical (unpaired) electrons. The van der Waals surface area contributed by atoms with Crippen LogP contribution >= 0.6 is 0 Å². The van der Waals surface area contributed by atoms with Crippen molar-refractivity contribution in [2.24, 2.45) is 0 Å². The van der Waals surface area contributed by atoms with Crippen molar-refractivity contribution in [1.29, 1.82) is 0 Å². The molecule has 3 rings (SSSR count). The quantitative estimate of drug-likeness (QED) is 0.583. The van der Waals surface area contributed by atoms with E-state index in [0.717, 1.165) is 22.3 Å². The normalized spacial score (nSPS) is 12.3. The molecule has 1 aliphatic rings. The Kier molecular flexibility index (Phi) is 1.54. The van der Waals surface area contributed by atoms with Gasteiger partial charge in [0.05, 0.1) is 0 Å². The van der Waals surface area contributed by atoms with E-state index in [9.17, 15) is 10.2 Å². The summed E-state index contributed by atoms with van der Waals surface area (Å²) in [7, 11) is 0. The summed E-state index contributed by atoms with van der Waals surface area (Å²) in [4.78, 5) is 0. The van der Waals surface area contributed by atoms with Crippen molar-refractivity contribution < 1.29 is 10.2 Å². The van der Waals surface area contributed by atoms with Gasteiger partial charge in [0.1, 0.15) is 11.5 Å². The lowest BCUT2D eigenvalue weighted by molar-refractivity contribution is 0.470. The molecule has 2 N–H and O–H groups in total. The van der Waals surface area contributed by atoms with Gasteiger partial charge in [0.15, 0.2) is 0 Å². The monoisotopic (exact) mass is 198 g/mol. The van der Waals surface area contributed by atoms with Crippen LogP contribution in [0.1, 0.15) is 11.1 Å². The van der Waals surface area contributed by atoms with Gasteiger partial charge in [0.2, 0.25) is 0 Å². The molecule has 2 aromatic rings. The van der Waals surface area contributed by atoms with Crippen LogP contribution in [0.2, 0.25) is 0 Å². The fourth-order valence-corrected chi connectivity index (χ4v) is 2.23. The van der Waals surface area contributed by atoms with Crippen molar-refractivity contribution >= 4 is 0 Å². The maximum atomic E-state index is 9.79. The molecule has 74 valence electrons. The second-order valence-corrected chi connectivity index (χ2v) is 3.79. The zero-order valence-corrected chi connectivity index (χ0v) is 8.07. The van der Waals surface area contributed by atoms with E-state index >= 15 is 0 Å². The number of fused-ring (bicyclic) bond motifs is 3. The van der Waals surface area contributed by atoms with Gasteiger partial charge in [-0.15, -0.1) is 0 Å². The molecular formula is C13H10O2. The van der Waals surface area contributed by atoms with Crippen LogP contribution in [-0.2, 0) is 6.42 Å². The van der Waals surface area contributed by atoms with Crippen LogP contribution in [-0.4, -0.2) is 10.2 Å². The van der Waals surface area contributed by atoms with Crippen molar-refractivity contribution in [2.75, 3.05) is 0 Å². The summed E-state index contributed by atoms with van der Waals surface area (Å²) in [6, 6.07) is 10.9. The summed E-state index contributed by atoms with van der Waals surface area (Å²) < 4.78 is 0. The third-order valence-corrected chi connectivity index (χ3v) is 2.92. The van der Waals surface area contributed by atoms with Gasteiger partial charge in [-0.25, -0.2) is 0 Å². The number of benzene rings is 2.